The second kappa shape index (κ2) is 12.7. The van der Waals surface area contributed by atoms with Crippen LogP contribution in [-0.4, -0.2) is 15.7 Å². The molecule has 2 saturated carbocycles. The van der Waals surface area contributed by atoms with Gasteiger partial charge in [-0.05, 0) is 164 Å². The Morgan fingerprint density at radius 2 is 1.67 bits per heavy atom. The van der Waals surface area contributed by atoms with Crippen LogP contribution in [0.1, 0.15) is 103 Å². The molecule has 4 fully saturated rings. The summed E-state index contributed by atoms with van der Waals surface area (Å²) in [6, 6.07) is 0. The van der Waals surface area contributed by atoms with Crippen molar-refractivity contribution in [2.75, 3.05) is 0 Å². The standard InChI is InChI=1S/C49H56S2/c1-30(34-15-10-17-38-37-14-4-7-21-43(37)51-48(34)38)31-24-26-33(27-25-31)36-16-11-20-41-46(36)47-35-13-3-2-12-32(35)28-29-42(47)49(41)39-18-5-8-22-44(39)50-45-23-9-6-19-40(45)49/h5,10-11,14-16,18,20,24,26,28-29,38-47H,1-4,6-9,12-13,17,19,21-23,25,27H2. The Bertz CT molecular complexity index is 1850. The fraction of sp³-hybridized carbons (Fsp3) is 0.551. The Labute approximate surface area is 316 Å². The molecular weight excluding hydrogens is 653 g/mol. The zero-order valence-corrected chi connectivity index (χ0v) is 32.2. The lowest BCUT2D eigenvalue weighted by atomic mass is 9.50. The molecule has 0 aromatic rings. The van der Waals surface area contributed by atoms with E-state index in [1.165, 1.54) is 107 Å². The molecule has 0 radical (unpaired) electrons. The summed E-state index contributed by atoms with van der Waals surface area (Å²) in [6.07, 6.45) is 52.7. The fourth-order valence-electron chi connectivity index (χ4n) is 14.0. The van der Waals surface area contributed by atoms with E-state index in [0.29, 0.717) is 46.2 Å². The first-order valence-corrected chi connectivity index (χ1v) is 23.0. The van der Waals surface area contributed by atoms with Crippen LogP contribution in [0.3, 0.4) is 0 Å². The SMILES string of the molecule is C=C(C1=CC=C(C2=CC=CC3C2C2C4=C(C=CC2C32C3C=CCCC3SC3CCCCC32)CCCC4)CC1)C1=C2SC3CCCC=C3C2CC=C1. The Morgan fingerprint density at radius 1 is 0.745 bits per heavy atom. The van der Waals surface area contributed by atoms with Crippen molar-refractivity contribution >= 4 is 23.5 Å². The van der Waals surface area contributed by atoms with Crippen molar-refractivity contribution in [1.82, 2.24) is 0 Å². The summed E-state index contributed by atoms with van der Waals surface area (Å²) >= 11 is 4.63. The molecule has 11 rings (SSSR count). The van der Waals surface area contributed by atoms with E-state index in [1.54, 1.807) is 27.2 Å². The van der Waals surface area contributed by atoms with Crippen LogP contribution in [0.2, 0.25) is 0 Å². The van der Waals surface area contributed by atoms with Gasteiger partial charge in [0.2, 0.25) is 0 Å². The highest BCUT2D eigenvalue weighted by atomic mass is 32.2. The van der Waals surface area contributed by atoms with Gasteiger partial charge in [0.15, 0.2) is 0 Å². The highest BCUT2D eigenvalue weighted by Gasteiger charge is 2.69. The molecule has 0 aromatic heterocycles. The minimum Gasteiger partial charge on any atom is -0.154 e. The average molecular weight is 709 g/mol. The maximum Gasteiger partial charge on any atom is 0.0307 e. The second-order valence-corrected chi connectivity index (χ2v) is 20.7. The number of allylic oxidation sites excluding steroid dienone is 20. The first-order valence-electron chi connectivity index (χ1n) is 21.2. The summed E-state index contributed by atoms with van der Waals surface area (Å²) in [5.41, 5.74) is 13.3. The molecule has 11 unspecified atom stereocenters. The summed E-state index contributed by atoms with van der Waals surface area (Å²) in [4.78, 5) is 1.63. The van der Waals surface area contributed by atoms with Crippen LogP contribution in [0.5, 0.6) is 0 Å². The maximum atomic E-state index is 4.82. The monoisotopic (exact) mass is 708 g/mol. The average Bonchev–Trinajstić information content (AvgIpc) is 3.72. The van der Waals surface area contributed by atoms with Crippen LogP contribution in [0.25, 0.3) is 0 Å². The Morgan fingerprint density at radius 3 is 2.61 bits per heavy atom. The molecule has 2 saturated heterocycles. The first-order chi connectivity index (χ1) is 25.2. The summed E-state index contributed by atoms with van der Waals surface area (Å²) in [6.45, 7) is 4.82. The van der Waals surface area contributed by atoms with Crippen LogP contribution >= 0.6 is 23.5 Å². The van der Waals surface area contributed by atoms with E-state index >= 15 is 0 Å². The van der Waals surface area contributed by atoms with Crippen molar-refractivity contribution in [3.8, 4) is 0 Å². The lowest BCUT2D eigenvalue weighted by molar-refractivity contribution is -0.00359. The third kappa shape index (κ3) is 4.79. The molecule has 1 spiro atoms. The van der Waals surface area contributed by atoms with Gasteiger partial charge in [0.1, 0.15) is 0 Å². The number of thioether (sulfide) groups is 2. The molecule has 2 heterocycles. The van der Waals surface area contributed by atoms with Crippen LogP contribution in [-0.2, 0) is 0 Å². The number of rotatable bonds is 3. The van der Waals surface area contributed by atoms with Crippen LogP contribution in [0.15, 0.2) is 129 Å². The lowest BCUT2D eigenvalue weighted by Crippen LogP contribution is -2.57. The zero-order valence-electron chi connectivity index (χ0n) is 30.5. The quantitative estimate of drug-likeness (QED) is 0.268. The molecule has 51 heavy (non-hydrogen) atoms. The Kier molecular flexibility index (Phi) is 8.05. The van der Waals surface area contributed by atoms with Crippen molar-refractivity contribution < 1.29 is 0 Å². The molecule has 0 N–H and O–H groups in total. The van der Waals surface area contributed by atoms with E-state index in [2.05, 4.69) is 96.4 Å². The Balaban J connectivity index is 0.981. The van der Waals surface area contributed by atoms with E-state index in [9.17, 15) is 0 Å². The smallest absolute Gasteiger partial charge is 0.0307 e. The van der Waals surface area contributed by atoms with Gasteiger partial charge in [-0.25, -0.2) is 0 Å². The normalized spacial score (nSPS) is 43.2. The second-order valence-electron chi connectivity index (χ2n) is 17.9. The topological polar surface area (TPSA) is 0 Å². The predicted molar refractivity (Wildman–Crippen MR) is 219 cm³/mol. The minimum atomic E-state index is 0.351. The lowest BCUT2D eigenvalue weighted by Gasteiger charge is -2.61. The molecule has 11 aliphatic rings. The summed E-state index contributed by atoms with van der Waals surface area (Å²) < 4.78 is 0. The van der Waals surface area contributed by atoms with E-state index in [-0.39, 0.29) is 0 Å². The molecule has 2 heteroatoms. The van der Waals surface area contributed by atoms with Gasteiger partial charge in [0, 0.05) is 26.6 Å². The number of hydrogen-bond donors (Lipinski definition) is 0. The van der Waals surface area contributed by atoms with Gasteiger partial charge in [0.05, 0.1) is 0 Å². The van der Waals surface area contributed by atoms with Gasteiger partial charge in [-0.3, -0.25) is 0 Å². The van der Waals surface area contributed by atoms with Gasteiger partial charge >= 0.3 is 0 Å². The highest BCUT2D eigenvalue weighted by Crippen LogP contribution is 2.75. The summed E-state index contributed by atoms with van der Waals surface area (Å²) in [5.74, 6) is 4.79. The fourth-order valence-corrected chi connectivity index (χ4v) is 17.8. The van der Waals surface area contributed by atoms with Gasteiger partial charge in [-0.15, -0.1) is 11.8 Å². The van der Waals surface area contributed by atoms with E-state index < -0.39 is 0 Å². The van der Waals surface area contributed by atoms with E-state index in [4.69, 9.17) is 6.58 Å². The van der Waals surface area contributed by atoms with Gasteiger partial charge in [0.25, 0.3) is 0 Å². The van der Waals surface area contributed by atoms with Crippen molar-refractivity contribution in [3.05, 3.63) is 129 Å². The van der Waals surface area contributed by atoms with Crippen LogP contribution < -0.4 is 0 Å². The molecule has 2 aliphatic heterocycles. The van der Waals surface area contributed by atoms with Crippen molar-refractivity contribution in [3.63, 3.8) is 0 Å². The number of hydrogen-bond acceptors (Lipinski definition) is 2. The van der Waals surface area contributed by atoms with Crippen LogP contribution in [0.4, 0.5) is 0 Å². The number of fused-ring (bicyclic) bond motifs is 13. The maximum absolute atomic E-state index is 4.82. The first kappa shape index (κ1) is 32.3. The third-order valence-electron chi connectivity index (χ3n) is 15.9. The summed E-state index contributed by atoms with van der Waals surface area (Å²) in [5, 5.41) is 2.38. The van der Waals surface area contributed by atoms with Crippen molar-refractivity contribution in [1.29, 1.82) is 0 Å². The van der Waals surface area contributed by atoms with Crippen molar-refractivity contribution in [2.24, 2.45) is 46.8 Å². The molecule has 0 amide bonds. The van der Waals surface area contributed by atoms with Crippen LogP contribution in [0, 0.1) is 46.8 Å². The molecule has 0 aromatic carbocycles. The zero-order chi connectivity index (χ0) is 33.7. The molecule has 11 atom stereocenters. The minimum absolute atomic E-state index is 0.351. The van der Waals surface area contributed by atoms with Gasteiger partial charge in [-0.2, -0.15) is 11.8 Å². The van der Waals surface area contributed by atoms with Gasteiger partial charge < -0.3 is 0 Å². The predicted octanol–water partition coefficient (Wildman–Crippen LogP) is 13.3. The summed E-state index contributed by atoms with van der Waals surface area (Å²) in [7, 11) is 0. The molecule has 0 nitrogen and oxygen atoms in total. The highest BCUT2D eigenvalue weighted by molar-refractivity contribution is 8.04. The molecule has 0 bridgehead atoms. The van der Waals surface area contributed by atoms with E-state index in [1.807, 2.05) is 5.57 Å². The van der Waals surface area contributed by atoms with E-state index in [0.717, 1.165) is 29.3 Å². The molecular formula is C49H56S2. The third-order valence-corrected chi connectivity index (χ3v) is 19.3. The Hall–Kier alpha value is -2.16. The van der Waals surface area contributed by atoms with Gasteiger partial charge in [-0.1, -0.05) is 103 Å². The molecule has 264 valence electrons. The largest absolute Gasteiger partial charge is 0.154 e. The van der Waals surface area contributed by atoms with Crippen molar-refractivity contribution in [2.45, 2.75) is 118 Å². The molecule has 9 aliphatic carbocycles.